The fourth-order valence-electron chi connectivity index (χ4n) is 4.53. The number of alkyl halides is 6. The average Bonchev–Trinajstić information content (AvgIpc) is 2.90. The van der Waals surface area contributed by atoms with Crippen molar-refractivity contribution in [2.24, 2.45) is 5.73 Å². The number of primary amides is 1. The molecule has 1 atom stereocenters. The Kier molecular flexibility index (Phi) is 13.2. The molecule has 0 aliphatic carbocycles. The average molecular weight is 638 g/mol. The second kappa shape index (κ2) is 15.8. The summed E-state index contributed by atoms with van der Waals surface area (Å²) in [6, 6.07) is 5.96. The van der Waals surface area contributed by atoms with Crippen LogP contribution in [0, 0.1) is 0 Å². The maximum Gasteiger partial charge on any atom is 0.416 e. The summed E-state index contributed by atoms with van der Waals surface area (Å²) >= 11 is 5.82. The molecule has 0 spiro atoms. The normalized spacial score (nSPS) is 14.9. The van der Waals surface area contributed by atoms with Gasteiger partial charge in [0.2, 0.25) is 0 Å². The van der Waals surface area contributed by atoms with E-state index in [-0.39, 0.29) is 31.4 Å². The smallest absolute Gasteiger partial charge is 0.416 e. The number of benzene rings is 2. The second-order valence-electron chi connectivity index (χ2n) is 10.2. The van der Waals surface area contributed by atoms with Gasteiger partial charge in [0.1, 0.15) is 0 Å². The van der Waals surface area contributed by atoms with Crippen molar-refractivity contribution >= 4 is 29.5 Å². The highest BCUT2D eigenvalue weighted by atomic mass is 35.5. The van der Waals surface area contributed by atoms with Gasteiger partial charge < -0.3 is 20.6 Å². The molecule has 1 unspecified atom stereocenters. The lowest BCUT2D eigenvalue weighted by atomic mass is 9.98. The zero-order chi connectivity index (χ0) is 32.4. The Morgan fingerprint density at radius 3 is 1.84 bits per heavy atom. The molecule has 3 rings (SSSR count). The Morgan fingerprint density at radius 1 is 0.907 bits per heavy atom. The molecule has 0 saturated carbocycles. The Balaban J connectivity index is 0.000000490. The lowest BCUT2D eigenvalue weighted by Gasteiger charge is -2.29. The largest absolute Gasteiger partial charge is 0.481 e. The molecule has 1 aliphatic rings. The van der Waals surface area contributed by atoms with Crippen molar-refractivity contribution in [3.8, 4) is 0 Å². The lowest BCUT2D eigenvalue weighted by molar-refractivity contribution is -0.143. The van der Waals surface area contributed by atoms with Crippen molar-refractivity contribution in [2.45, 2.75) is 69.8 Å². The van der Waals surface area contributed by atoms with Crippen LogP contribution < -0.4 is 5.73 Å². The number of halogens is 7. The number of hydrogen-bond acceptors (Lipinski definition) is 3. The Morgan fingerprint density at radius 2 is 1.40 bits per heavy atom. The maximum absolute atomic E-state index is 13.1. The van der Waals surface area contributed by atoms with E-state index < -0.39 is 47.0 Å². The van der Waals surface area contributed by atoms with Crippen LogP contribution in [0.5, 0.6) is 0 Å². The molecular formula is C29H34ClF6N3O4. The van der Waals surface area contributed by atoms with Gasteiger partial charge in [-0.05, 0) is 61.6 Å². The zero-order valence-electron chi connectivity index (χ0n) is 23.5. The monoisotopic (exact) mass is 637 g/mol. The Hall–Kier alpha value is -3.48. The topological polar surface area (TPSA) is 104 Å². The van der Waals surface area contributed by atoms with Crippen LogP contribution in [0.25, 0.3) is 0 Å². The van der Waals surface area contributed by atoms with Gasteiger partial charge in [-0.15, -0.1) is 0 Å². The highest BCUT2D eigenvalue weighted by Gasteiger charge is 2.38. The molecule has 1 fully saturated rings. The van der Waals surface area contributed by atoms with E-state index in [2.05, 4.69) is 0 Å². The number of aliphatic carboxylic acids is 1. The van der Waals surface area contributed by atoms with Gasteiger partial charge in [-0.1, -0.05) is 43.0 Å². The number of amides is 3. The first kappa shape index (κ1) is 35.7. The minimum Gasteiger partial charge on any atom is -0.481 e. The fourth-order valence-corrected chi connectivity index (χ4v) is 4.66. The molecule has 0 bridgehead atoms. The van der Waals surface area contributed by atoms with Crippen molar-refractivity contribution in [1.82, 2.24) is 9.80 Å². The predicted octanol–water partition coefficient (Wildman–Crippen LogP) is 7.26. The summed E-state index contributed by atoms with van der Waals surface area (Å²) in [5, 5.41) is 9.42. The summed E-state index contributed by atoms with van der Waals surface area (Å²) in [5.74, 6) is -2.25. The molecule has 0 radical (unpaired) electrons. The van der Waals surface area contributed by atoms with E-state index in [0.717, 1.165) is 30.8 Å². The summed E-state index contributed by atoms with van der Waals surface area (Å²) in [6.07, 6.45) is -4.47. The van der Waals surface area contributed by atoms with Gasteiger partial charge in [-0.25, -0.2) is 4.79 Å². The van der Waals surface area contributed by atoms with Crippen LogP contribution in [0.4, 0.5) is 31.1 Å². The van der Waals surface area contributed by atoms with Crippen LogP contribution in [-0.4, -0.2) is 59.0 Å². The molecular weight excluding hydrogens is 604 g/mol. The van der Waals surface area contributed by atoms with Gasteiger partial charge in [0.15, 0.2) is 0 Å². The van der Waals surface area contributed by atoms with E-state index in [1.54, 1.807) is 29.2 Å². The third kappa shape index (κ3) is 12.0. The first-order chi connectivity index (χ1) is 20.0. The SMILES string of the molecule is CN(C(=O)c1cc(C(F)(F)F)cc(C(F)(F)F)c1)C(CCC(=O)O)Cc1ccc(Cl)cc1.NC(=O)N1CCCCCCC1. The third-order valence-electron chi connectivity index (χ3n) is 6.95. The molecule has 14 heteroatoms. The van der Waals surface area contributed by atoms with E-state index >= 15 is 0 Å². The minimum atomic E-state index is -5.10. The number of hydrogen-bond donors (Lipinski definition) is 2. The zero-order valence-corrected chi connectivity index (χ0v) is 24.2. The fraction of sp³-hybridized carbons (Fsp3) is 0.483. The van der Waals surface area contributed by atoms with Gasteiger partial charge in [-0.3, -0.25) is 9.59 Å². The molecule has 2 aromatic rings. The van der Waals surface area contributed by atoms with Crippen LogP contribution in [0.15, 0.2) is 42.5 Å². The number of carbonyl (C=O) groups is 3. The molecule has 1 aliphatic heterocycles. The number of nitrogens with two attached hydrogens (primary N) is 1. The van der Waals surface area contributed by atoms with E-state index in [1.807, 2.05) is 0 Å². The van der Waals surface area contributed by atoms with Gasteiger partial charge in [0.25, 0.3) is 5.91 Å². The number of rotatable bonds is 7. The van der Waals surface area contributed by atoms with Crippen molar-refractivity contribution in [3.05, 3.63) is 69.7 Å². The summed E-state index contributed by atoms with van der Waals surface area (Å²) in [4.78, 5) is 37.3. The molecule has 0 aromatic heterocycles. The summed E-state index contributed by atoms with van der Waals surface area (Å²) in [5.41, 5.74) is 1.82. The molecule has 43 heavy (non-hydrogen) atoms. The standard InChI is InChI=1S/C21H18ClF6NO3.C8H16N2O/c1-29(17(6-7-18(30)31)8-12-2-4-16(22)5-3-12)19(32)13-9-14(20(23,24)25)11-15(10-13)21(26,27)28;9-8(11)10-6-4-2-1-3-5-7-10/h2-5,9-11,17H,6-8H2,1H3,(H,30,31);1-7H2,(H2,9,11). The van der Waals surface area contributed by atoms with Gasteiger partial charge in [0, 0.05) is 43.2 Å². The number of carboxylic acids is 1. The second-order valence-corrected chi connectivity index (χ2v) is 10.7. The van der Waals surface area contributed by atoms with E-state index in [9.17, 15) is 40.7 Å². The van der Waals surface area contributed by atoms with E-state index in [4.69, 9.17) is 22.4 Å². The maximum atomic E-state index is 13.1. The van der Waals surface area contributed by atoms with Crippen LogP contribution in [0.3, 0.4) is 0 Å². The first-order valence-electron chi connectivity index (χ1n) is 13.6. The van der Waals surface area contributed by atoms with E-state index in [1.165, 1.54) is 26.3 Å². The molecule has 2 aromatic carbocycles. The van der Waals surface area contributed by atoms with Crippen molar-refractivity contribution in [1.29, 1.82) is 0 Å². The highest BCUT2D eigenvalue weighted by Crippen LogP contribution is 2.36. The molecule has 238 valence electrons. The quantitative estimate of drug-likeness (QED) is 0.312. The first-order valence-corrected chi connectivity index (χ1v) is 13.9. The Bertz CT molecular complexity index is 1200. The minimum absolute atomic E-state index is 0.0631. The summed E-state index contributed by atoms with van der Waals surface area (Å²) in [7, 11) is 1.21. The molecule has 3 N–H and O–H groups in total. The van der Waals surface area contributed by atoms with Gasteiger partial charge in [-0.2, -0.15) is 26.3 Å². The summed E-state index contributed by atoms with van der Waals surface area (Å²) in [6.45, 7) is 1.71. The van der Waals surface area contributed by atoms with E-state index in [0.29, 0.717) is 22.7 Å². The predicted molar refractivity (Wildman–Crippen MR) is 149 cm³/mol. The molecule has 1 saturated heterocycles. The number of carboxylic acid groups (broad SMARTS) is 1. The molecule has 3 amide bonds. The number of likely N-dealkylation sites (N-methyl/N-ethyl adjacent to an activating group) is 1. The molecule has 1 heterocycles. The number of likely N-dealkylation sites (tertiary alicyclic amines) is 1. The Labute approximate surface area is 250 Å². The van der Waals surface area contributed by atoms with Crippen LogP contribution in [-0.2, 0) is 23.6 Å². The number of carbonyl (C=O) groups excluding carboxylic acids is 2. The van der Waals surface area contributed by atoms with Crippen LogP contribution >= 0.6 is 11.6 Å². The number of nitrogens with zero attached hydrogens (tertiary/aromatic N) is 2. The number of urea groups is 1. The third-order valence-corrected chi connectivity index (χ3v) is 7.20. The molecule has 7 nitrogen and oxygen atoms in total. The van der Waals surface area contributed by atoms with Crippen molar-refractivity contribution in [2.75, 3.05) is 20.1 Å². The van der Waals surface area contributed by atoms with Crippen LogP contribution in [0.1, 0.15) is 72.0 Å². The lowest BCUT2D eigenvalue weighted by Crippen LogP contribution is -2.39. The van der Waals surface area contributed by atoms with Crippen LogP contribution in [0.2, 0.25) is 5.02 Å². The van der Waals surface area contributed by atoms with Gasteiger partial charge in [0.05, 0.1) is 11.1 Å². The van der Waals surface area contributed by atoms with Crippen molar-refractivity contribution in [3.63, 3.8) is 0 Å². The highest BCUT2D eigenvalue weighted by molar-refractivity contribution is 6.30. The summed E-state index contributed by atoms with van der Waals surface area (Å²) < 4.78 is 78.7. The van der Waals surface area contributed by atoms with Crippen molar-refractivity contribution < 1.29 is 45.8 Å². The van der Waals surface area contributed by atoms with Gasteiger partial charge >= 0.3 is 24.4 Å².